The van der Waals surface area contributed by atoms with Gasteiger partial charge >= 0.3 is 18.2 Å². The van der Waals surface area contributed by atoms with Crippen LogP contribution in [0, 0.1) is 5.92 Å². The Morgan fingerprint density at radius 2 is 1.76 bits per heavy atom. The van der Waals surface area contributed by atoms with Gasteiger partial charge in [0.15, 0.2) is 11.6 Å². The molecule has 16 nitrogen and oxygen atoms in total. The molecular formula is C29H42N8O8. The second-order valence-electron chi connectivity index (χ2n) is 13.8. The summed E-state index contributed by atoms with van der Waals surface area (Å²) in [5.74, 6) is -2.00. The van der Waals surface area contributed by atoms with Crippen LogP contribution in [0.1, 0.15) is 80.8 Å². The summed E-state index contributed by atoms with van der Waals surface area (Å²) in [6.07, 6.45) is -0.0346. The van der Waals surface area contributed by atoms with Crippen LogP contribution in [0.2, 0.25) is 0 Å². The van der Waals surface area contributed by atoms with E-state index in [1.165, 1.54) is 11.2 Å². The molecule has 16 heteroatoms. The highest BCUT2D eigenvalue weighted by molar-refractivity contribution is 5.88. The smallest absolute Gasteiger partial charge is 0.411 e. The maximum absolute atomic E-state index is 13.9. The van der Waals surface area contributed by atoms with Gasteiger partial charge in [0, 0.05) is 16.7 Å². The molecule has 2 fully saturated rings. The summed E-state index contributed by atoms with van der Waals surface area (Å²) in [6.45, 7) is 17.1. The Morgan fingerprint density at radius 3 is 2.36 bits per heavy atom. The first kappa shape index (κ1) is 33.7. The fourth-order valence-electron chi connectivity index (χ4n) is 5.43. The number of amides is 2. The van der Waals surface area contributed by atoms with Gasteiger partial charge in [0.25, 0.3) is 0 Å². The van der Waals surface area contributed by atoms with Crippen LogP contribution in [-0.4, -0.2) is 85.9 Å². The Labute approximate surface area is 261 Å². The lowest BCUT2D eigenvalue weighted by atomic mass is 10.0. The van der Waals surface area contributed by atoms with Crippen LogP contribution in [0.3, 0.4) is 0 Å². The third-order valence-electron chi connectivity index (χ3n) is 7.04. The van der Waals surface area contributed by atoms with Crippen molar-refractivity contribution >= 4 is 35.0 Å². The van der Waals surface area contributed by atoms with Gasteiger partial charge in [-0.1, -0.05) is 13.8 Å². The number of hydrogen-bond acceptors (Lipinski definition) is 11. The fraction of sp³-hybridized carbons (Fsp3) is 0.690. The van der Waals surface area contributed by atoms with Crippen LogP contribution in [0.25, 0.3) is 21.5 Å². The molecule has 2 amide bonds. The van der Waals surface area contributed by atoms with Gasteiger partial charge in [-0.05, 0) is 72.0 Å². The summed E-state index contributed by atoms with van der Waals surface area (Å²) in [5.41, 5.74) is 8.69. The number of nitrogens with zero attached hydrogens (tertiary/aromatic N) is 6. The van der Waals surface area contributed by atoms with Crippen molar-refractivity contribution in [1.82, 2.24) is 25.2 Å². The van der Waals surface area contributed by atoms with Gasteiger partial charge in [0.05, 0.1) is 23.1 Å². The van der Waals surface area contributed by atoms with Crippen molar-refractivity contribution in [2.75, 3.05) is 6.61 Å². The molecule has 0 aromatic carbocycles. The molecule has 2 aromatic rings. The van der Waals surface area contributed by atoms with Gasteiger partial charge in [-0.15, -0.1) is 0 Å². The molecule has 0 aliphatic carbocycles. The normalized spacial score (nSPS) is 23.3. The number of carbonyl (C=O) groups is 3. The van der Waals surface area contributed by atoms with E-state index in [1.54, 1.807) is 75.4 Å². The number of fused-ring (bicyclic) bond motifs is 2. The minimum Gasteiger partial charge on any atom is -0.462 e. The number of alkyl carbamates (subject to hydrolysis) is 1. The summed E-state index contributed by atoms with van der Waals surface area (Å²) in [4.78, 5) is 55.6. The number of aromatic amines is 1. The van der Waals surface area contributed by atoms with E-state index >= 15 is 0 Å². The van der Waals surface area contributed by atoms with Crippen molar-refractivity contribution < 1.29 is 38.1 Å². The Bertz CT molecular complexity index is 1490. The number of rotatable bonds is 7. The summed E-state index contributed by atoms with van der Waals surface area (Å²) in [7, 11) is 0. The predicted octanol–water partition coefficient (Wildman–Crippen LogP) is 5.17. The van der Waals surface area contributed by atoms with Crippen molar-refractivity contribution in [1.29, 1.82) is 0 Å². The standard InChI is InChI=1S/C29H42N8O8/c1-14(2)17(34-25(39)44-27(3,4)5)24(38)41-12-16-21-22(43-29(9,10)42-21)20(37(16)26(40)45-28(6,7)8)15-11-31-19-18(15)32-13-33-23(19)35-36-30/h11,13-14,16-17,20-22,31H,12H2,1-10H3,(H,34,39)/t16?,17-,20?,21?,22?/m0/s1. The van der Waals surface area contributed by atoms with E-state index in [2.05, 4.69) is 30.3 Å². The number of esters is 1. The highest BCUT2D eigenvalue weighted by Gasteiger charge is 2.61. The third kappa shape index (κ3) is 7.57. The average Bonchev–Trinajstić information content (AvgIpc) is 3.53. The highest BCUT2D eigenvalue weighted by atomic mass is 16.8. The van der Waals surface area contributed by atoms with Crippen LogP contribution >= 0.6 is 0 Å². The number of aromatic nitrogens is 3. The summed E-state index contributed by atoms with van der Waals surface area (Å²) in [5, 5.41) is 6.23. The van der Waals surface area contributed by atoms with Crippen molar-refractivity contribution in [3.8, 4) is 0 Å². The van der Waals surface area contributed by atoms with Crippen LogP contribution < -0.4 is 5.32 Å². The van der Waals surface area contributed by atoms with E-state index in [0.29, 0.717) is 16.6 Å². The number of hydrogen-bond donors (Lipinski definition) is 2. The van der Waals surface area contributed by atoms with Gasteiger partial charge in [0.1, 0.15) is 42.4 Å². The molecule has 4 heterocycles. The highest BCUT2D eigenvalue weighted by Crippen LogP contribution is 2.49. The zero-order valence-corrected chi connectivity index (χ0v) is 27.3. The van der Waals surface area contributed by atoms with E-state index in [1.807, 2.05) is 0 Å². The minimum atomic E-state index is -1.04. The second kappa shape index (κ2) is 12.3. The topological polar surface area (TPSA) is 203 Å². The number of H-pyrrole nitrogens is 1. The van der Waals surface area contributed by atoms with E-state index < -0.39 is 65.5 Å². The molecule has 2 aliphatic rings. The van der Waals surface area contributed by atoms with Crippen LogP contribution in [-0.2, 0) is 28.5 Å². The molecule has 4 unspecified atom stereocenters. The molecule has 2 aromatic heterocycles. The Morgan fingerprint density at radius 1 is 1.11 bits per heavy atom. The van der Waals surface area contributed by atoms with Gasteiger partial charge in [-0.25, -0.2) is 24.4 Å². The minimum absolute atomic E-state index is 0.0822. The molecule has 0 bridgehead atoms. The van der Waals surface area contributed by atoms with Crippen LogP contribution in [0.15, 0.2) is 17.6 Å². The predicted molar refractivity (Wildman–Crippen MR) is 160 cm³/mol. The molecule has 0 radical (unpaired) electrons. The number of ether oxygens (including phenoxy) is 5. The lowest BCUT2D eigenvalue weighted by Crippen LogP contribution is -2.50. The van der Waals surface area contributed by atoms with E-state index in [4.69, 9.17) is 29.2 Å². The monoisotopic (exact) mass is 630 g/mol. The van der Waals surface area contributed by atoms with Crippen LogP contribution in [0.5, 0.6) is 0 Å². The molecular weight excluding hydrogens is 588 g/mol. The first-order valence-corrected chi connectivity index (χ1v) is 14.7. The molecule has 2 aliphatic heterocycles. The number of nitrogens with one attached hydrogen (secondary N) is 2. The fourth-order valence-corrected chi connectivity index (χ4v) is 5.43. The molecule has 0 saturated carbocycles. The van der Waals surface area contributed by atoms with Gasteiger partial charge in [-0.3, -0.25) is 4.90 Å². The van der Waals surface area contributed by atoms with Crippen LogP contribution in [0.4, 0.5) is 15.4 Å². The molecule has 0 spiro atoms. The molecule has 2 N–H and O–H groups in total. The van der Waals surface area contributed by atoms with Crippen molar-refractivity contribution in [3.63, 3.8) is 0 Å². The average molecular weight is 631 g/mol. The van der Waals surface area contributed by atoms with Crippen molar-refractivity contribution in [2.24, 2.45) is 11.0 Å². The first-order valence-electron chi connectivity index (χ1n) is 14.7. The first-order chi connectivity index (χ1) is 20.8. The number of likely N-dealkylation sites (tertiary alicyclic amines) is 1. The zero-order valence-electron chi connectivity index (χ0n) is 27.3. The maximum Gasteiger partial charge on any atom is 0.411 e. The van der Waals surface area contributed by atoms with E-state index in [9.17, 15) is 14.4 Å². The molecule has 246 valence electrons. The lowest BCUT2D eigenvalue weighted by Gasteiger charge is -2.35. The van der Waals surface area contributed by atoms with E-state index in [0.717, 1.165) is 0 Å². The summed E-state index contributed by atoms with van der Waals surface area (Å²) < 4.78 is 29.6. The Balaban J connectivity index is 1.72. The largest absolute Gasteiger partial charge is 0.462 e. The summed E-state index contributed by atoms with van der Waals surface area (Å²) >= 11 is 0. The third-order valence-corrected chi connectivity index (χ3v) is 7.04. The van der Waals surface area contributed by atoms with Crippen molar-refractivity contribution in [2.45, 2.75) is 117 Å². The maximum atomic E-state index is 13.9. The quantitative estimate of drug-likeness (QED) is 0.135. The van der Waals surface area contributed by atoms with E-state index in [-0.39, 0.29) is 18.3 Å². The molecule has 4 rings (SSSR count). The number of azide groups is 1. The van der Waals surface area contributed by atoms with Gasteiger partial charge in [-0.2, -0.15) is 0 Å². The van der Waals surface area contributed by atoms with Gasteiger partial charge < -0.3 is 34.0 Å². The Kier molecular flexibility index (Phi) is 9.25. The SMILES string of the molecule is CC(C)[C@H](NC(=O)OC(C)(C)C)C(=O)OCC1C2OC(C)(C)OC2C(c2c[nH]c3c(N=[N+]=[N-])ncnc23)N1C(=O)OC(C)(C)C. The molecule has 45 heavy (non-hydrogen) atoms. The zero-order chi connectivity index (χ0) is 33.5. The lowest BCUT2D eigenvalue weighted by molar-refractivity contribution is -0.172. The summed E-state index contributed by atoms with van der Waals surface area (Å²) in [6, 6.07) is -2.71. The van der Waals surface area contributed by atoms with Gasteiger partial charge in [0.2, 0.25) is 0 Å². The number of carbonyl (C=O) groups excluding carboxylic acids is 3. The molecule has 2 saturated heterocycles. The second-order valence-corrected chi connectivity index (χ2v) is 13.8. The van der Waals surface area contributed by atoms with Crippen molar-refractivity contribution in [3.05, 3.63) is 28.5 Å². The molecule has 5 atom stereocenters. The Hall–Kier alpha value is -4.14.